The highest BCUT2D eigenvalue weighted by atomic mass is 16.7. The van der Waals surface area contributed by atoms with Gasteiger partial charge in [0.25, 0.3) is 0 Å². The number of quaternary nitrogens is 1. The molecule has 1 heterocycles. The van der Waals surface area contributed by atoms with Gasteiger partial charge in [-0.1, -0.05) is 36.4 Å². The molecule has 1 unspecified atom stereocenters. The lowest BCUT2D eigenvalue weighted by Crippen LogP contribution is -3.12. The van der Waals surface area contributed by atoms with E-state index in [-0.39, 0.29) is 20.0 Å². The van der Waals surface area contributed by atoms with Crippen LogP contribution in [0.4, 0.5) is 0 Å². The normalized spacial score (nSPS) is 15.0. The van der Waals surface area contributed by atoms with Crippen LogP contribution < -0.4 is 14.4 Å². The summed E-state index contributed by atoms with van der Waals surface area (Å²) in [6, 6.07) is 15.8. The van der Waals surface area contributed by atoms with Crippen LogP contribution in [0.2, 0.25) is 0 Å². The molecule has 3 rings (SSSR count). The van der Waals surface area contributed by atoms with Crippen molar-refractivity contribution in [2.24, 2.45) is 0 Å². The number of fused-ring (bicyclic) bond motifs is 1. The molecule has 1 aliphatic heterocycles. The van der Waals surface area contributed by atoms with Crippen LogP contribution in [0.15, 0.2) is 48.5 Å². The number of nitrogens with one attached hydrogen (secondary N) is 1. The van der Waals surface area contributed by atoms with Crippen LogP contribution in [0.25, 0.3) is 0 Å². The first-order valence-electron chi connectivity index (χ1n) is 8.87. The number of aliphatic hydroxyl groups is 2. The molecule has 6 nitrogen and oxygen atoms in total. The lowest BCUT2D eigenvalue weighted by atomic mass is 10.2. The summed E-state index contributed by atoms with van der Waals surface area (Å²) in [6.07, 6.45) is -0.589. The van der Waals surface area contributed by atoms with Gasteiger partial charge in [-0.2, -0.15) is 0 Å². The van der Waals surface area contributed by atoms with Crippen LogP contribution in [-0.4, -0.2) is 49.4 Å². The molecule has 0 amide bonds. The maximum atomic E-state index is 10.3. The van der Waals surface area contributed by atoms with Crippen LogP contribution >= 0.6 is 0 Å². The van der Waals surface area contributed by atoms with E-state index >= 15 is 0 Å². The van der Waals surface area contributed by atoms with Gasteiger partial charge in [-0.3, -0.25) is 0 Å². The minimum Gasteiger partial charge on any atom is -0.454 e. The third kappa shape index (κ3) is 5.44. The van der Waals surface area contributed by atoms with Gasteiger partial charge in [-0.15, -0.1) is 0 Å². The third-order valence-electron chi connectivity index (χ3n) is 4.30. The maximum Gasteiger partial charge on any atom is 0.231 e. The molecule has 2 atom stereocenters. The molecule has 0 aliphatic carbocycles. The van der Waals surface area contributed by atoms with Crippen molar-refractivity contribution in [3.63, 3.8) is 0 Å². The first-order valence-corrected chi connectivity index (χ1v) is 8.87. The average Bonchev–Trinajstić information content (AvgIpc) is 3.10. The summed E-state index contributed by atoms with van der Waals surface area (Å²) in [5.74, 6) is 1.48. The maximum absolute atomic E-state index is 10.3. The van der Waals surface area contributed by atoms with Gasteiger partial charge in [-0.25, -0.2) is 0 Å². The molecule has 140 valence electrons. The van der Waals surface area contributed by atoms with E-state index < -0.39 is 6.10 Å². The molecular weight excluding hydrogens is 334 g/mol. The lowest BCUT2D eigenvalue weighted by molar-refractivity contribution is -0.917. The van der Waals surface area contributed by atoms with E-state index in [4.69, 9.17) is 14.2 Å². The minimum atomic E-state index is -0.589. The van der Waals surface area contributed by atoms with Crippen molar-refractivity contribution in [3.05, 3.63) is 59.7 Å². The van der Waals surface area contributed by atoms with E-state index in [2.05, 4.69) is 12.1 Å². The Labute approximate surface area is 153 Å². The Balaban J connectivity index is 1.43. The second-order valence-electron chi connectivity index (χ2n) is 6.45. The Morgan fingerprint density at radius 2 is 1.85 bits per heavy atom. The van der Waals surface area contributed by atoms with Crippen LogP contribution in [0.3, 0.4) is 0 Å². The number of benzene rings is 2. The van der Waals surface area contributed by atoms with Crippen LogP contribution in [-0.2, 0) is 17.9 Å². The summed E-state index contributed by atoms with van der Waals surface area (Å²) in [7, 11) is 0. The molecule has 0 aromatic heterocycles. The van der Waals surface area contributed by atoms with Gasteiger partial charge in [0.15, 0.2) is 11.5 Å². The molecule has 3 N–H and O–H groups in total. The SMILES string of the molecule is OCC[NH+](Cc1ccccc1)C[C@@H](O)COCc1ccc2c(c1)OCO2. The monoisotopic (exact) mass is 360 g/mol. The zero-order valence-electron chi connectivity index (χ0n) is 14.8. The molecule has 1 aliphatic rings. The molecule has 0 saturated carbocycles. The summed E-state index contributed by atoms with van der Waals surface area (Å²) < 4.78 is 16.3. The highest BCUT2D eigenvalue weighted by Crippen LogP contribution is 2.32. The Kier molecular flexibility index (Phi) is 6.85. The van der Waals surface area contributed by atoms with Crippen LogP contribution in [0, 0.1) is 0 Å². The number of rotatable bonds is 10. The fourth-order valence-electron chi connectivity index (χ4n) is 3.04. The van der Waals surface area contributed by atoms with Gasteiger partial charge in [0.05, 0.1) is 19.8 Å². The molecule has 2 aromatic rings. The zero-order chi connectivity index (χ0) is 18.2. The predicted molar refractivity (Wildman–Crippen MR) is 96.2 cm³/mol. The van der Waals surface area contributed by atoms with E-state index in [1.165, 1.54) is 5.56 Å². The Bertz CT molecular complexity index is 679. The zero-order valence-corrected chi connectivity index (χ0v) is 14.8. The molecule has 26 heavy (non-hydrogen) atoms. The topological polar surface area (TPSA) is 72.6 Å². The third-order valence-corrected chi connectivity index (χ3v) is 4.30. The quantitative estimate of drug-likeness (QED) is 0.571. The van der Waals surface area contributed by atoms with Crippen LogP contribution in [0.5, 0.6) is 11.5 Å². The van der Waals surface area contributed by atoms with Crippen molar-refractivity contribution in [1.82, 2.24) is 0 Å². The Hall–Kier alpha value is -2.12. The average molecular weight is 360 g/mol. The largest absolute Gasteiger partial charge is 0.454 e. The van der Waals surface area contributed by atoms with Gasteiger partial charge >= 0.3 is 0 Å². The van der Waals surface area contributed by atoms with E-state index in [0.29, 0.717) is 19.7 Å². The molecular formula is C20H26NO5+. The Morgan fingerprint density at radius 3 is 2.65 bits per heavy atom. The van der Waals surface area contributed by atoms with Crippen molar-refractivity contribution in [3.8, 4) is 11.5 Å². The fourth-order valence-corrected chi connectivity index (χ4v) is 3.04. The lowest BCUT2D eigenvalue weighted by Gasteiger charge is -2.21. The van der Waals surface area contributed by atoms with Crippen LogP contribution in [0.1, 0.15) is 11.1 Å². The Morgan fingerprint density at radius 1 is 1.04 bits per heavy atom. The van der Waals surface area contributed by atoms with Gasteiger partial charge in [0.2, 0.25) is 6.79 Å². The number of hydrogen-bond donors (Lipinski definition) is 3. The van der Waals surface area contributed by atoms with Crippen molar-refractivity contribution in [1.29, 1.82) is 0 Å². The molecule has 0 radical (unpaired) electrons. The molecule has 0 spiro atoms. The summed E-state index contributed by atoms with van der Waals surface area (Å²) in [5.41, 5.74) is 2.16. The van der Waals surface area contributed by atoms with Crippen molar-refractivity contribution in [2.75, 3.05) is 33.1 Å². The van der Waals surface area contributed by atoms with Gasteiger partial charge < -0.3 is 29.3 Å². The number of ether oxygens (including phenoxy) is 3. The van der Waals surface area contributed by atoms with E-state index in [9.17, 15) is 10.2 Å². The number of aliphatic hydroxyl groups excluding tert-OH is 2. The van der Waals surface area contributed by atoms with Gasteiger partial charge in [-0.05, 0) is 17.7 Å². The molecule has 0 fully saturated rings. The second kappa shape index (κ2) is 9.54. The molecule has 2 aromatic carbocycles. The van der Waals surface area contributed by atoms with Crippen molar-refractivity contribution >= 4 is 0 Å². The standard InChI is InChI=1S/C20H25NO5/c22-9-8-21(11-16-4-2-1-3-5-16)12-18(23)14-24-13-17-6-7-19-20(10-17)26-15-25-19/h1-7,10,18,22-23H,8-9,11-15H2/p+1/t18-/m1/s1. The minimum absolute atomic E-state index is 0.0902. The molecule has 0 bridgehead atoms. The predicted octanol–water partition coefficient (Wildman–Crippen LogP) is 0.370. The highest BCUT2D eigenvalue weighted by Gasteiger charge is 2.16. The summed E-state index contributed by atoms with van der Waals surface area (Å²) in [5, 5.41) is 19.6. The smallest absolute Gasteiger partial charge is 0.231 e. The summed E-state index contributed by atoms with van der Waals surface area (Å²) in [6.45, 7) is 2.88. The van der Waals surface area contributed by atoms with E-state index in [1.807, 2.05) is 36.4 Å². The summed E-state index contributed by atoms with van der Waals surface area (Å²) in [4.78, 5) is 1.12. The molecule has 6 heteroatoms. The van der Waals surface area contributed by atoms with Crippen molar-refractivity contribution in [2.45, 2.75) is 19.3 Å². The first-order chi connectivity index (χ1) is 12.7. The summed E-state index contributed by atoms with van der Waals surface area (Å²) >= 11 is 0. The van der Waals surface area contributed by atoms with Gasteiger partial charge in [0, 0.05) is 5.56 Å². The highest BCUT2D eigenvalue weighted by molar-refractivity contribution is 5.44. The first kappa shape index (κ1) is 18.7. The van der Waals surface area contributed by atoms with Crippen molar-refractivity contribution < 1.29 is 29.3 Å². The number of hydrogen-bond acceptors (Lipinski definition) is 5. The molecule has 0 saturated heterocycles. The van der Waals surface area contributed by atoms with E-state index in [1.54, 1.807) is 0 Å². The van der Waals surface area contributed by atoms with Gasteiger partial charge in [0.1, 0.15) is 25.7 Å². The van der Waals surface area contributed by atoms with E-state index in [0.717, 1.165) is 28.5 Å². The fraction of sp³-hybridized carbons (Fsp3) is 0.400. The second-order valence-corrected chi connectivity index (χ2v) is 6.45.